The summed E-state index contributed by atoms with van der Waals surface area (Å²) in [5, 5.41) is 5.40. The number of halogens is 2. The van der Waals surface area contributed by atoms with E-state index in [9.17, 15) is 9.18 Å². The van der Waals surface area contributed by atoms with Crippen molar-refractivity contribution in [1.82, 2.24) is 10.6 Å². The molecule has 1 aromatic carbocycles. The van der Waals surface area contributed by atoms with E-state index in [0.29, 0.717) is 11.0 Å². The van der Waals surface area contributed by atoms with Gasteiger partial charge in [-0.25, -0.2) is 4.39 Å². The van der Waals surface area contributed by atoms with Crippen LogP contribution in [0.4, 0.5) is 4.39 Å². The highest BCUT2D eigenvalue weighted by molar-refractivity contribution is 9.10. The van der Waals surface area contributed by atoms with Gasteiger partial charge in [0.15, 0.2) is 0 Å². The van der Waals surface area contributed by atoms with Gasteiger partial charge in [0, 0.05) is 11.0 Å². The fourth-order valence-electron chi connectivity index (χ4n) is 1.14. The topological polar surface area (TPSA) is 41.1 Å². The van der Waals surface area contributed by atoms with Crippen molar-refractivity contribution in [2.75, 3.05) is 13.6 Å². The summed E-state index contributed by atoms with van der Waals surface area (Å²) >= 11 is 3.19. The van der Waals surface area contributed by atoms with E-state index in [1.165, 1.54) is 12.1 Å². The maximum absolute atomic E-state index is 12.9. The van der Waals surface area contributed by atoms with Crippen molar-refractivity contribution in [1.29, 1.82) is 0 Å². The Bertz CT molecular complexity index is 337. The number of amides is 1. The molecule has 82 valence electrons. The van der Waals surface area contributed by atoms with Gasteiger partial charge in [0.1, 0.15) is 5.82 Å². The van der Waals surface area contributed by atoms with E-state index in [4.69, 9.17) is 0 Å². The molecule has 0 radical (unpaired) electrons. The Morgan fingerprint density at radius 3 is 2.80 bits per heavy atom. The van der Waals surface area contributed by atoms with E-state index in [1.807, 2.05) is 0 Å². The smallest absolute Gasteiger partial charge is 0.234 e. The van der Waals surface area contributed by atoms with Gasteiger partial charge < -0.3 is 10.6 Å². The molecule has 0 aliphatic carbocycles. The first-order valence-electron chi connectivity index (χ1n) is 4.48. The van der Waals surface area contributed by atoms with Crippen LogP contribution in [0.25, 0.3) is 0 Å². The SMILES string of the molecule is CNCC(=O)NCc1cc(F)cc(Br)c1. The monoisotopic (exact) mass is 274 g/mol. The van der Waals surface area contributed by atoms with Gasteiger partial charge in [-0.2, -0.15) is 0 Å². The largest absolute Gasteiger partial charge is 0.351 e. The van der Waals surface area contributed by atoms with Crippen LogP contribution in [0.3, 0.4) is 0 Å². The van der Waals surface area contributed by atoms with Crippen molar-refractivity contribution in [2.24, 2.45) is 0 Å². The minimum atomic E-state index is -0.317. The molecule has 0 aliphatic heterocycles. The number of benzene rings is 1. The summed E-state index contributed by atoms with van der Waals surface area (Å²) in [7, 11) is 1.69. The van der Waals surface area contributed by atoms with Crippen LogP contribution in [0.2, 0.25) is 0 Å². The highest BCUT2D eigenvalue weighted by atomic mass is 79.9. The standard InChI is InChI=1S/C10H12BrFN2O/c1-13-6-10(15)14-5-7-2-8(11)4-9(12)3-7/h2-4,13H,5-6H2,1H3,(H,14,15). The summed E-state index contributed by atoms with van der Waals surface area (Å²) in [6, 6.07) is 4.53. The van der Waals surface area contributed by atoms with Crippen molar-refractivity contribution in [2.45, 2.75) is 6.54 Å². The molecule has 5 heteroatoms. The number of carbonyl (C=O) groups is 1. The van der Waals surface area contributed by atoms with Crippen LogP contribution in [0, 0.1) is 5.82 Å². The van der Waals surface area contributed by atoms with Gasteiger partial charge in [-0.05, 0) is 30.8 Å². The van der Waals surface area contributed by atoms with Crippen molar-refractivity contribution in [3.8, 4) is 0 Å². The summed E-state index contributed by atoms with van der Waals surface area (Å²) in [5.74, 6) is -0.430. The minimum absolute atomic E-state index is 0.113. The second-order valence-corrected chi connectivity index (χ2v) is 4.00. The Kier molecular flexibility index (Phi) is 4.71. The van der Waals surface area contributed by atoms with Crippen LogP contribution in [-0.4, -0.2) is 19.5 Å². The summed E-state index contributed by atoms with van der Waals surface area (Å²) < 4.78 is 13.6. The zero-order chi connectivity index (χ0) is 11.3. The molecule has 0 spiro atoms. The number of rotatable bonds is 4. The van der Waals surface area contributed by atoms with Gasteiger partial charge in [-0.1, -0.05) is 15.9 Å². The Hall–Kier alpha value is -0.940. The predicted octanol–water partition coefficient (Wildman–Crippen LogP) is 1.42. The molecule has 0 aromatic heterocycles. The van der Waals surface area contributed by atoms with E-state index in [2.05, 4.69) is 26.6 Å². The molecule has 3 nitrogen and oxygen atoms in total. The van der Waals surface area contributed by atoms with Gasteiger partial charge in [-0.15, -0.1) is 0 Å². The summed E-state index contributed by atoms with van der Waals surface area (Å²) in [6.07, 6.45) is 0. The fraction of sp³-hybridized carbons (Fsp3) is 0.300. The average Bonchev–Trinajstić information content (AvgIpc) is 2.14. The average molecular weight is 275 g/mol. The third-order valence-electron chi connectivity index (χ3n) is 1.75. The lowest BCUT2D eigenvalue weighted by atomic mass is 10.2. The summed E-state index contributed by atoms with van der Waals surface area (Å²) in [5.41, 5.74) is 0.728. The zero-order valence-electron chi connectivity index (χ0n) is 8.31. The summed E-state index contributed by atoms with van der Waals surface area (Å²) in [6.45, 7) is 0.591. The lowest BCUT2D eigenvalue weighted by molar-refractivity contribution is -0.120. The van der Waals surface area contributed by atoms with E-state index in [-0.39, 0.29) is 18.3 Å². The van der Waals surface area contributed by atoms with E-state index < -0.39 is 0 Å². The van der Waals surface area contributed by atoms with Crippen LogP contribution >= 0.6 is 15.9 Å². The van der Waals surface area contributed by atoms with Crippen molar-refractivity contribution in [3.63, 3.8) is 0 Å². The molecule has 0 unspecified atom stereocenters. The first kappa shape index (κ1) is 12.1. The zero-order valence-corrected chi connectivity index (χ0v) is 9.90. The quantitative estimate of drug-likeness (QED) is 0.872. The Morgan fingerprint density at radius 2 is 2.20 bits per heavy atom. The second kappa shape index (κ2) is 5.82. The minimum Gasteiger partial charge on any atom is -0.351 e. The van der Waals surface area contributed by atoms with Crippen LogP contribution in [-0.2, 0) is 11.3 Å². The summed E-state index contributed by atoms with van der Waals surface area (Å²) in [4.78, 5) is 11.1. The van der Waals surface area contributed by atoms with E-state index in [1.54, 1.807) is 13.1 Å². The number of carbonyl (C=O) groups excluding carboxylic acids is 1. The normalized spacial score (nSPS) is 10.1. The molecule has 1 rings (SSSR count). The highest BCUT2D eigenvalue weighted by Gasteiger charge is 2.01. The first-order valence-corrected chi connectivity index (χ1v) is 5.27. The van der Waals surface area contributed by atoms with Crippen molar-refractivity contribution >= 4 is 21.8 Å². The molecular formula is C10H12BrFN2O. The van der Waals surface area contributed by atoms with Crippen LogP contribution in [0.15, 0.2) is 22.7 Å². The van der Waals surface area contributed by atoms with Gasteiger partial charge in [-0.3, -0.25) is 4.79 Å². The lowest BCUT2D eigenvalue weighted by Gasteiger charge is -2.05. The molecule has 0 atom stereocenters. The maximum Gasteiger partial charge on any atom is 0.234 e. The molecule has 0 saturated carbocycles. The molecule has 0 bridgehead atoms. The molecule has 2 N–H and O–H groups in total. The van der Waals surface area contributed by atoms with Gasteiger partial charge >= 0.3 is 0 Å². The van der Waals surface area contributed by atoms with Crippen molar-refractivity contribution in [3.05, 3.63) is 34.1 Å². The van der Waals surface area contributed by atoms with Crippen LogP contribution in [0.1, 0.15) is 5.56 Å². The fourth-order valence-corrected chi connectivity index (χ4v) is 1.65. The molecule has 15 heavy (non-hydrogen) atoms. The van der Waals surface area contributed by atoms with Crippen LogP contribution < -0.4 is 10.6 Å². The molecule has 0 saturated heterocycles. The Labute approximate surface area is 96.2 Å². The molecule has 0 heterocycles. The lowest BCUT2D eigenvalue weighted by Crippen LogP contribution is -2.31. The molecule has 0 fully saturated rings. The number of hydrogen-bond donors (Lipinski definition) is 2. The molecule has 0 aliphatic rings. The number of nitrogens with one attached hydrogen (secondary N) is 2. The van der Waals surface area contributed by atoms with Gasteiger partial charge in [0.2, 0.25) is 5.91 Å². The maximum atomic E-state index is 12.9. The molecule has 1 aromatic rings. The Balaban J connectivity index is 2.54. The third kappa shape index (κ3) is 4.40. The van der Waals surface area contributed by atoms with Crippen LogP contribution in [0.5, 0.6) is 0 Å². The predicted molar refractivity (Wildman–Crippen MR) is 59.9 cm³/mol. The van der Waals surface area contributed by atoms with Crippen molar-refractivity contribution < 1.29 is 9.18 Å². The number of likely N-dealkylation sites (N-methyl/N-ethyl adjacent to an activating group) is 1. The molecule has 1 amide bonds. The highest BCUT2D eigenvalue weighted by Crippen LogP contribution is 2.14. The molecular weight excluding hydrogens is 263 g/mol. The van der Waals surface area contributed by atoms with Gasteiger partial charge in [0.05, 0.1) is 6.54 Å². The number of hydrogen-bond acceptors (Lipinski definition) is 2. The second-order valence-electron chi connectivity index (χ2n) is 3.08. The Morgan fingerprint density at radius 1 is 1.47 bits per heavy atom. The first-order chi connectivity index (χ1) is 7.11. The van der Waals surface area contributed by atoms with Gasteiger partial charge in [0.25, 0.3) is 0 Å². The third-order valence-corrected chi connectivity index (χ3v) is 2.21. The van der Waals surface area contributed by atoms with E-state index >= 15 is 0 Å². The van der Waals surface area contributed by atoms with E-state index in [0.717, 1.165) is 5.56 Å².